The molecule has 1 N–H and O–H groups in total. The predicted molar refractivity (Wildman–Crippen MR) is 126 cm³/mol. The van der Waals surface area contributed by atoms with Gasteiger partial charge in [0.25, 0.3) is 0 Å². The second-order valence-corrected chi connectivity index (χ2v) is 9.50. The van der Waals surface area contributed by atoms with E-state index in [0.29, 0.717) is 5.56 Å². The molecule has 0 fully saturated rings. The Morgan fingerprint density at radius 3 is 2.41 bits per heavy atom. The summed E-state index contributed by atoms with van der Waals surface area (Å²) in [4.78, 5) is 12.2. The summed E-state index contributed by atoms with van der Waals surface area (Å²) >= 11 is 0. The van der Waals surface area contributed by atoms with Crippen LogP contribution in [-0.2, 0) is 16.6 Å². The molecule has 0 spiro atoms. The quantitative estimate of drug-likeness (QED) is 0.403. The molecule has 10 heteroatoms. The van der Waals surface area contributed by atoms with Gasteiger partial charge in [-0.3, -0.25) is 4.31 Å². The highest BCUT2D eigenvalue weighted by molar-refractivity contribution is 7.92. The van der Waals surface area contributed by atoms with E-state index in [0.717, 1.165) is 16.1 Å². The Labute approximate surface area is 195 Å². The number of carboxylic acid groups (broad SMARTS) is 1. The zero-order chi connectivity index (χ0) is 24.5. The molecular weight excluding hydrogens is 461 g/mol. The second kappa shape index (κ2) is 9.14. The summed E-state index contributed by atoms with van der Waals surface area (Å²) in [6, 6.07) is 16.1. The van der Waals surface area contributed by atoms with Gasteiger partial charge in [-0.15, -0.1) is 0 Å². The Kier molecular flexibility index (Phi) is 6.25. The summed E-state index contributed by atoms with van der Waals surface area (Å²) < 4.78 is 46.8. The third-order valence-electron chi connectivity index (χ3n) is 5.24. The van der Waals surface area contributed by atoms with E-state index in [2.05, 4.69) is 5.10 Å². The molecule has 0 radical (unpaired) electrons. The van der Waals surface area contributed by atoms with Gasteiger partial charge in [-0.1, -0.05) is 30.3 Å². The second-order valence-electron chi connectivity index (χ2n) is 7.59. The number of hydrogen-bond donors (Lipinski definition) is 1. The van der Waals surface area contributed by atoms with Crippen molar-refractivity contribution in [3.8, 4) is 17.0 Å². The summed E-state index contributed by atoms with van der Waals surface area (Å²) in [6.45, 7) is 1.96. The van der Waals surface area contributed by atoms with E-state index in [1.807, 2.05) is 30.3 Å². The molecule has 34 heavy (non-hydrogen) atoms. The van der Waals surface area contributed by atoms with E-state index >= 15 is 0 Å². The Hall–Kier alpha value is -3.92. The lowest BCUT2D eigenvalue weighted by atomic mass is 10.1. The van der Waals surface area contributed by atoms with Crippen LogP contribution < -0.4 is 9.04 Å². The molecule has 0 saturated carbocycles. The summed E-state index contributed by atoms with van der Waals surface area (Å²) in [5, 5.41) is 14.3. The van der Waals surface area contributed by atoms with Crippen LogP contribution in [0.1, 0.15) is 22.8 Å². The minimum absolute atomic E-state index is 0.106. The standard InChI is InChI=1S/C24H22FN3O5S/c1-3-28(34(2,31)32)20-14-27-19(13-21(20)33-15-16-7-5-4-6-8-16)22(24(29)30)23(26-27)17-9-11-18(25)12-10-17/h4-14H,3,15H2,1-2H3,(H,29,30). The fraction of sp³-hybridized carbons (Fsp3) is 0.167. The molecule has 0 aliphatic rings. The van der Waals surface area contributed by atoms with Crippen molar-refractivity contribution >= 4 is 27.2 Å². The van der Waals surface area contributed by atoms with Crippen molar-refractivity contribution in [3.63, 3.8) is 0 Å². The van der Waals surface area contributed by atoms with Crippen LogP contribution in [0.3, 0.4) is 0 Å². The van der Waals surface area contributed by atoms with Crippen LogP contribution in [0.2, 0.25) is 0 Å². The first-order valence-corrected chi connectivity index (χ1v) is 12.2. The molecule has 4 aromatic rings. The number of nitrogens with zero attached hydrogens (tertiary/aromatic N) is 3. The molecule has 0 aliphatic carbocycles. The summed E-state index contributed by atoms with van der Waals surface area (Å²) in [6.07, 6.45) is 2.51. The number of pyridine rings is 1. The van der Waals surface area contributed by atoms with Crippen molar-refractivity contribution in [1.29, 1.82) is 0 Å². The Bertz CT molecular complexity index is 1450. The maximum atomic E-state index is 13.4. The number of carbonyl (C=O) groups is 1. The lowest BCUT2D eigenvalue weighted by Crippen LogP contribution is -2.30. The number of carboxylic acids is 1. The van der Waals surface area contributed by atoms with Gasteiger partial charge in [0.05, 0.1) is 18.0 Å². The zero-order valence-electron chi connectivity index (χ0n) is 18.5. The number of sulfonamides is 1. The fourth-order valence-electron chi connectivity index (χ4n) is 3.70. The first kappa shape index (κ1) is 23.2. The predicted octanol–water partition coefficient (Wildman–Crippen LogP) is 4.20. The van der Waals surface area contributed by atoms with Crippen molar-refractivity contribution in [2.24, 2.45) is 0 Å². The van der Waals surface area contributed by atoms with E-state index < -0.39 is 21.8 Å². The van der Waals surface area contributed by atoms with Crippen molar-refractivity contribution in [2.45, 2.75) is 13.5 Å². The molecule has 0 atom stereocenters. The topological polar surface area (TPSA) is 101 Å². The van der Waals surface area contributed by atoms with Crippen LogP contribution in [-0.4, -0.2) is 41.9 Å². The molecular formula is C24H22FN3O5S. The Balaban J connectivity index is 1.92. The van der Waals surface area contributed by atoms with Gasteiger partial charge in [0, 0.05) is 18.2 Å². The molecule has 0 bridgehead atoms. The van der Waals surface area contributed by atoms with Gasteiger partial charge in [0.1, 0.15) is 35.1 Å². The van der Waals surface area contributed by atoms with Crippen LogP contribution >= 0.6 is 0 Å². The maximum absolute atomic E-state index is 13.4. The summed E-state index contributed by atoms with van der Waals surface area (Å²) in [5.41, 5.74) is 1.72. The zero-order valence-corrected chi connectivity index (χ0v) is 19.3. The third-order valence-corrected chi connectivity index (χ3v) is 6.49. The third kappa shape index (κ3) is 4.58. The number of fused-ring (bicyclic) bond motifs is 1. The van der Waals surface area contributed by atoms with Crippen LogP contribution in [0.4, 0.5) is 10.1 Å². The monoisotopic (exact) mass is 483 g/mol. The van der Waals surface area contributed by atoms with Crippen molar-refractivity contribution in [2.75, 3.05) is 17.1 Å². The number of ether oxygens (including phenoxy) is 1. The number of halogens is 1. The first-order chi connectivity index (χ1) is 16.2. The van der Waals surface area contributed by atoms with E-state index in [9.17, 15) is 22.7 Å². The number of aromatic carboxylic acids is 1. The van der Waals surface area contributed by atoms with Gasteiger partial charge in [0.2, 0.25) is 10.0 Å². The highest BCUT2D eigenvalue weighted by Gasteiger charge is 2.26. The van der Waals surface area contributed by atoms with Crippen LogP contribution in [0.5, 0.6) is 5.75 Å². The van der Waals surface area contributed by atoms with Gasteiger partial charge < -0.3 is 9.84 Å². The average molecular weight is 484 g/mol. The molecule has 4 rings (SSSR count). The van der Waals surface area contributed by atoms with E-state index in [1.165, 1.54) is 41.0 Å². The fourth-order valence-corrected chi connectivity index (χ4v) is 4.67. The van der Waals surface area contributed by atoms with E-state index in [1.54, 1.807) is 6.92 Å². The molecule has 0 amide bonds. The number of rotatable bonds is 8. The van der Waals surface area contributed by atoms with Gasteiger partial charge >= 0.3 is 5.97 Å². The molecule has 0 unspecified atom stereocenters. The number of hydrogen-bond acceptors (Lipinski definition) is 5. The first-order valence-electron chi connectivity index (χ1n) is 10.4. The highest BCUT2D eigenvalue weighted by Crippen LogP contribution is 2.36. The molecule has 2 aromatic carbocycles. The molecule has 2 aromatic heterocycles. The van der Waals surface area contributed by atoms with Gasteiger partial charge in [0.15, 0.2) is 0 Å². The van der Waals surface area contributed by atoms with Crippen LogP contribution in [0.25, 0.3) is 16.8 Å². The normalized spacial score (nSPS) is 11.5. The van der Waals surface area contributed by atoms with Gasteiger partial charge in [-0.05, 0) is 36.8 Å². The largest absolute Gasteiger partial charge is 0.487 e. The lowest BCUT2D eigenvalue weighted by molar-refractivity contribution is 0.0699. The Morgan fingerprint density at radius 1 is 1.15 bits per heavy atom. The lowest BCUT2D eigenvalue weighted by Gasteiger charge is -2.23. The summed E-state index contributed by atoms with van der Waals surface area (Å²) in [5.74, 6) is -1.50. The van der Waals surface area contributed by atoms with Crippen LogP contribution in [0.15, 0.2) is 66.9 Å². The molecule has 0 aliphatic heterocycles. The van der Waals surface area contributed by atoms with Crippen molar-refractivity contribution in [3.05, 3.63) is 83.8 Å². The Morgan fingerprint density at radius 2 is 1.82 bits per heavy atom. The minimum atomic E-state index is -3.66. The number of anilines is 1. The van der Waals surface area contributed by atoms with Crippen LogP contribution in [0, 0.1) is 5.82 Å². The van der Waals surface area contributed by atoms with Gasteiger partial charge in [-0.2, -0.15) is 5.10 Å². The summed E-state index contributed by atoms with van der Waals surface area (Å²) in [7, 11) is -3.66. The van der Waals surface area contributed by atoms with E-state index in [4.69, 9.17) is 4.74 Å². The highest BCUT2D eigenvalue weighted by atomic mass is 32.2. The maximum Gasteiger partial charge on any atom is 0.340 e. The minimum Gasteiger partial charge on any atom is -0.487 e. The smallest absolute Gasteiger partial charge is 0.340 e. The average Bonchev–Trinajstić information content (AvgIpc) is 3.16. The molecule has 0 saturated heterocycles. The van der Waals surface area contributed by atoms with Gasteiger partial charge in [-0.25, -0.2) is 22.1 Å². The molecule has 8 nitrogen and oxygen atoms in total. The van der Waals surface area contributed by atoms with Crippen molar-refractivity contribution in [1.82, 2.24) is 9.61 Å². The SMILES string of the molecule is CCN(c1cn2nc(-c3ccc(F)cc3)c(C(=O)O)c2cc1OCc1ccccc1)S(C)(=O)=O. The molecule has 2 heterocycles. The van der Waals surface area contributed by atoms with E-state index in [-0.39, 0.29) is 41.4 Å². The number of benzene rings is 2. The van der Waals surface area contributed by atoms with Crippen molar-refractivity contribution < 1.29 is 27.4 Å². The molecule has 176 valence electrons. The number of aromatic nitrogens is 2.